The Balaban J connectivity index is 1.72. The van der Waals surface area contributed by atoms with Gasteiger partial charge in [-0.05, 0) is 38.1 Å². The maximum Gasteiger partial charge on any atom is 0.273 e. The van der Waals surface area contributed by atoms with Crippen molar-refractivity contribution in [2.24, 2.45) is 0 Å². The lowest BCUT2D eigenvalue weighted by atomic mass is 10.2. The van der Waals surface area contributed by atoms with Crippen molar-refractivity contribution in [2.75, 3.05) is 5.43 Å². The average Bonchev–Trinajstić information content (AvgIpc) is 3.16. The van der Waals surface area contributed by atoms with Gasteiger partial charge in [0.1, 0.15) is 17.8 Å². The number of amides is 1. The first kappa shape index (κ1) is 16.9. The molecule has 0 aliphatic heterocycles. The van der Waals surface area contributed by atoms with Crippen LogP contribution in [0.15, 0.2) is 48.8 Å². The normalized spacial score (nSPS) is 11.1. The van der Waals surface area contributed by atoms with Crippen molar-refractivity contribution >= 4 is 16.9 Å². The van der Waals surface area contributed by atoms with E-state index < -0.39 is 17.5 Å². The number of carbonyl (C=O) groups is 1. The number of hydrogen-bond acceptors (Lipinski definition) is 3. The number of rotatable bonds is 3. The summed E-state index contributed by atoms with van der Waals surface area (Å²) >= 11 is 0. The van der Waals surface area contributed by atoms with Gasteiger partial charge in [-0.15, -0.1) is 0 Å². The van der Waals surface area contributed by atoms with Crippen molar-refractivity contribution < 1.29 is 13.6 Å². The second-order valence-electron chi connectivity index (χ2n) is 6.10. The molecule has 0 fully saturated rings. The number of nitrogens with zero attached hydrogens (tertiary/aromatic N) is 4. The van der Waals surface area contributed by atoms with E-state index in [0.29, 0.717) is 17.0 Å². The number of nitrogens with one attached hydrogen (secondary N) is 1. The van der Waals surface area contributed by atoms with Crippen LogP contribution in [0.3, 0.4) is 0 Å². The fourth-order valence-corrected chi connectivity index (χ4v) is 3.07. The number of benzene rings is 2. The molecule has 0 bridgehead atoms. The Morgan fingerprint density at radius 1 is 1.11 bits per heavy atom. The number of hydrogen-bond donors (Lipinski definition) is 1. The highest BCUT2D eigenvalue weighted by Crippen LogP contribution is 2.21. The lowest BCUT2D eigenvalue weighted by Crippen LogP contribution is -2.23. The van der Waals surface area contributed by atoms with E-state index in [2.05, 4.69) is 15.5 Å². The highest BCUT2D eigenvalue weighted by atomic mass is 19.1. The molecule has 0 saturated heterocycles. The van der Waals surface area contributed by atoms with Gasteiger partial charge in [-0.25, -0.2) is 23.1 Å². The second kappa shape index (κ2) is 6.31. The van der Waals surface area contributed by atoms with E-state index in [0.717, 1.165) is 23.2 Å². The van der Waals surface area contributed by atoms with Crippen LogP contribution in [0.2, 0.25) is 0 Å². The molecular formula is C19H15F2N5O. The molecule has 2 aromatic carbocycles. The minimum absolute atomic E-state index is 0.0733. The Hall–Kier alpha value is -3.55. The molecule has 136 valence electrons. The number of carbonyl (C=O) groups excluding carboxylic acids is 1. The fourth-order valence-electron chi connectivity index (χ4n) is 3.07. The molecule has 27 heavy (non-hydrogen) atoms. The first-order valence-corrected chi connectivity index (χ1v) is 8.21. The zero-order valence-corrected chi connectivity index (χ0v) is 14.6. The van der Waals surface area contributed by atoms with Gasteiger partial charge in [0.2, 0.25) is 0 Å². The standard InChI is InChI=1S/C19H15F2N5O/c1-11-18(12(2)26(23-11)16-8-7-13(20)9-14(16)21)19(27)24-25-10-22-15-5-3-4-6-17(15)25/h3-10H,1-2H3,(H,24,27). The summed E-state index contributed by atoms with van der Waals surface area (Å²) in [5, 5.41) is 4.25. The van der Waals surface area contributed by atoms with Crippen LogP contribution in [0.5, 0.6) is 0 Å². The summed E-state index contributed by atoms with van der Waals surface area (Å²) in [5.74, 6) is -1.84. The second-order valence-corrected chi connectivity index (χ2v) is 6.10. The summed E-state index contributed by atoms with van der Waals surface area (Å²) in [5.41, 5.74) is 5.52. The summed E-state index contributed by atoms with van der Waals surface area (Å²) in [7, 11) is 0. The van der Waals surface area contributed by atoms with E-state index in [1.165, 1.54) is 21.8 Å². The molecule has 0 aliphatic rings. The van der Waals surface area contributed by atoms with Gasteiger partial charge in [0, 0.05) is 6.07 Å². The van der Waals surface area contributed by atoms with Crippen molar-refractivity contribution in [2.45, 2.75) is 13.8 Å². The summed E-state index contributed by atoms with van der Waals surface area (Å²) < 4.78 is 30.1. The first-order valence-electron chi connectivity index (χ1n) is 8.21. The van der Waals surface area contributed by atoms with Gasteiger partial charge in [-0.2, -0.15) is 5.10 Å². The highest BCUT2D eigenvalue weighted by molar-refractivity contribution is 6.02. The topological polar surface area (TPSA) is 64.7 Å². The molecule has 1 amide bonds. The molecule has 1 N–H and O–H groups in total. The molecule has 0 spiro atoms. The largest absolute Gasteiger partial charge is 0.273 e. The van der Waals surface area contributed by atoms with Gasteiger partial charge in [0.25, 0.3) is 5.91 Å². The molecule has 0 atom stereocenters. The minimum Gasteiger partial charge on any atom is -0.267 e. The molecule has 4 aromatic rings. The van der Waals surface area contributed by atoms with Gasteiger partial charge < -0.3 is 0 Å². The molecule has 0 radical (unpaired) electrons. The summed E-state index contributed by atoms with van der Waals surface area (Å²) in [6.45, 7) is 3.32. The molecule has 8 heteroatoms. The smallest absolute Gasteiger partial charge is 0.267 e. The van der Waals surface area contributed by atoms with E-state index in [1.807, 2.05) is 24.3 Å². The Kier molecular flexibility index (Phi) is 3.95. The highest BCUT2D eigenvalue weighted by Gasteiger charge is 2.21. The first-order chi connectivity index (χ1) is 13.0. The molecule has 0 aliphatic carbocycles. The lowest BCUT2D eigenvalue weighted by molar-refractivity contribution is 0.101. The Morgan fingerprint density at radius 2 is 1.89 bits per heavy atom. The van der Waals surface area contributed by atoms with Gasteiger partial charge in [0.05, 0.1) is 28.0 Å². The number of para-hydroxylation sites is 2. The lowest BCUT2D eigenvalue weighted by Gasteiger charge is -2.08. The minimum atomic E-state index is -0.756. The van der Waals surface area contributed by atoms with Crippen molar-refractivity contribution in [3.05, 3.63) is 77.4 Å². The average molecular weight is 367 g/mol. The van der Waals surface area contributed by atoms with Crippen LogP contribution in [0.25, 0.3) is 16.7 Å². The zero-order valence-electron chi connectivity index (χ0n) is 14.6. The molecule has 6 nitrogen and oxygen atoms in total. The molecular weight excluding hydrogens is 352 g/mol. The number of aryl methyl sites for hydroxylation is 1. The predicted octanol–water partition coefficient (Wildman–Crippen LogP) is 3.50. The van der Waals surface area contributed by atoms with Crippen LogP contribution >= 0.6 is 0 Å². The molecule has 2 aromatic heterocycles. The van der Waals surface area contributed by atoms with Crippen molar-refractivity contribution in [1.82, 2.24) is 19.4 Å². The van der Waals surface area contributed by atoms with Gasteiger partial charge in [-0.1, -0.05) is 12.1 Å². The Morgan fingerprint density at radius 3 is 2.67 bits per heavy atom. The van der Waals surface area contributed by atoms with E-state index >= 15 is 0 Å². The van der Waals surface area contributed by atoms with Crippen LogP contribution in [0.4, 0.5) is 8.78 Å². The number of imidazole rings is 1. The third kappa shape index (κ3) is 2.84. The van der Waals surface area contributed by atoms with E-state index in [9.17, 15) is 13.6 Å². The maximum atomic E-state index is 14.1. The maximum absolute atomic E-state index is 14.1. The van der Waals surface area contributed by atoms with E-state index in [4.69, 9.17) is 0 Å². The molecule has 4 rings (SSSR count). The number of halogens is 2. The van der Waals surface area contributed by atoms with Crippen LogP contribution in [-0.2, 0) is 0 Å². The molecule has 0 saturated carbocycles. The molecule has 0 unspecified atom stereocenters. The van der Waals surface area contributed by atoms with Crippen molar-refractivity contribution in [3.8, 4) is 5.69 Å². The fraction of sp³-hybridized carbons (Fsp3) is 0.105. The van der Waals surface area contributed by atoms with Gasteiger partial charge in [-0.3, -0.25) is 10.2 Å². The van der Waals surface area contributed by atoms with Crippen LogP contribution in [-0.4, -0.2) is 25.3 Å². The van der Waals surface area contributed by atoms with Gasteiger partial charge in [0.15, 0.2) is 5.82 Å². The third-order valence-corrected chi connectivity index (χ3v) is 4.33. The summed E-state index contributed by atoms with van der Waals surface area (Å²) in [6, 6.07) is 10.6. The van der Waals surface area contributed by atoms with E-state index in [-0.39, 0.29) is 5.69 Å². The Labute approximate surface area is 153 Å². The van der Waals surface area contributed by atoms with Gasteiger partial charge >= 0.3 is 0 Å². The molecule has 2 heterocycles. The summed E-state index contributed by atoms with van der Waals surface area (Å²) in [4.78, 5) is 17.0. The van der Waals surface area contributed by atoms with Crippen LogP contribution < -0.4 is 5.43 Å². The van der Waals surface area contributed by atoms with Crippen LogP contribution in [0, 0.1) is 25.5 Å². The van der Waals surface area contributed by atoms with Crippen molar-refractivity contribution in [1.29, 1.82) is 0 Å². The number of aromatic nitrogens is 4. The predicted molar refractivity (Wildman–Crippen MR) is 96.4 cm³/mol. The van der Waals surface area contributed by atoms with Crippen LogP contribution in [0.1, 0.15) is 21.7 Å². The quantitative estimate of drug-likeness (QED) is 0.603. The SMILES string of the molecule is Cc1nn(-c2ccc(F)cc2F)c(C)c1C(=O)Nn1cnc2ccccc21. The Bertz CT molecular complexity index is 1180. The third-order valence-electron chi connectivity index (χ3n) is 4.33. The van der Waals surface area contributed by atoms with Crippen molar-refractivity contribution in [3.63, 3.8) is 0 Å². The summed E-state index contributed by atoms with van der Waals surface area (Å²) in [6.07, 6.45) is 1.51. The monoisotopic (exact) mass is 367 g/mol. The zero-order chi connectivity index (χ0) is 19.1. The number of fused-ring (bicyclic) bond motifs is 1. The van der Waals surface area contributed by atoms with E-state index in [1.54, 1.807) is 13.8 Å².